The van der Waals surface area contributed by atoms with Gasteiger partial charge in [0.05, 0.1) is 18.8 Å². The van der Waals surface area contributed by atoms with Gasteiger partial charge in [-0.15, -0.1) is 0 Å². The molecule has 2 atom stereocenters. The van der Waals surface area contributed by atoms with Crippen LogP contribution in [0.4, 0.5) is 0 Å². The molecular formula is C10H15N5O4. The highest BCUT2D eigenvalue weighted by Gasteiger charge is 2.16. The minimum absolute atomic E-state index is 0.160. The predicted octanol–water partition coefficient (Wildman–Crippen LogP) is -0.121. The lowest BCUT2D eigenvalue weighted by Gasteiger charge is -2.19. The number of nitrogens with one attached hydrogen (secondary N) is 1. The van der Waals surface area contributed by atoms with Crippen molar-refractivity contribution in [2.45, 2.75) is 32.7 Å². The molecule has 1 heterocycles. The average Bonchev–Trinajstić information content (AvgIpc) is 2.36. The van der Waals surface area contributed by atoms with Crippen LogP contribution in [0, 0.1) is 6.92 Å². The van der Waals surface area contributed by atoms with E-state index in [1.807, 2.05) is 0 Å². The normalized spacial score (nSPS) is 13.6. The molecule has 0 radical (unpaired) electrons. The van der Waals surface area contributed by atoms with Crippen LogP contribution in [0.2, 0.25) is 0 Å². The Morgan fingerprint density at radius 2 is 2.32 bits per heavy atom. The molecule has 19 heavy (non-hydrogen) atoms. The molecule has 0 fully saturated rings. The summed E-state index contributed by atoms with van der Waals surface area (Å²) in [6.07, 6.45) is 0.628. The summed E-state index contributed by atoms with van der Waals surface area (Å²) < 4.78 is 6.45. The molecule has 1 aromatic heterocycles. The predicted molar refractivity (Wildman–Crippen MR) is 66.6 cm³/mol. The molecule has 0 aliphatic heterocycles. The third kappa shape index (κ3) is 3.95. The van der Waals surface area contributed by atoms with Crippen LogP contribution in [0.1, 0.15) is 12.5 Å². The van der Waals surface area contributed by atoms with Crippen LogP contribution in [0.3, 0.4) is 0 Å². The van der Waals surface area contributed by atoms with E-state index in [2.05, 4.69) is 15.0 Å². The van der Waals surface area contributed by atoms with E-state index in [9.17, 15) is 9.59 Å². The fraction of sp³-hybridized carbons (Fsp3) is 0.600. The van der Waals surface area contributed by atoms with Gasteiger partial charge in [0.15, 0.2) is 0 Å². The molecule has 0 saturated heterocycles. The Bertz CT molecular complexity index is 586. The van der Waals surface area contributed by atoms with E-state index in [-0.39, 0.29) is 13.3 Å². The van der Waals surface area contributed by atoms with E-state index in [0.717, 1.165) is 4.57 Å². The molecule has 0 saturated carbocycles. The molecule has 1 rings (SSSR count). The summed E-state index contributed by atoms with van der Waals surface area (Å²) in [5, 5.41) is 12.5. The van der Waals surface area contributed by atoms with Gasteiger partial charge < -0.3 is 9.84 Å². The number of aliphatic hydroxyl groups excluding tert-OH is 1. The molecule has 0 aliphatic carbocycles. The number of ether oxygens (including phenoxy) is 1. The maximum atomic E-state index is 11.5. The Kier molecular flexibility index (Phi) is 5.31. The molecule has 2 unspecified atom stereocenters. The molecule has 2 N–H and O–H groups in total. The number of aromatic amines is 1. The summed E-state index contributed by atoms with van der Waals surface area (Å²) in [7, 11) is 0. The lowest BCUT2D eigenvalue weighted by molar-refractivity contribution is -0.0353. The zero-order valence-corrected chi connectivity index (χ0v) is 10.6. The molecule has 9 nitrogen and oxygen atoms in total. The molecule has 104 valence electrons. The maximum absolute atomic E-state index is 11.5. The van der Waals surface area contributed by atoms with Gasteiger partial charge >= 0.3 is 5.69 Å². The minimum atomic E-state index is -0.727. The van der Waals surface area contributed by atoms with Crippen LogP contribution in [0.15, 0.2) is 20.9 Å². The van der Waals surface area contributed by atoms with Crippen molar-refractivity contribution in [2.24, 2.45) is 5.11 Å². The first-order valence-corrected chi connectivity index (χ1v) is 5.56. The van der Waals surface area contributed by atoms with Gasteiger partial charge in [-0.25, -0.2) is 4.79 Å². The van der Waals surface area contributed by atoms with E-state index in [1.165, 1.54) is 6.20 Å². The summed E-state index contributed by atoms with van der Waals surface area (Å²) in [5.74, 6) is 0. The summed E-state index contributed by atoms with van der Waals surface area (Å²) in [4.78, 5) is 27.4. The number of aromatic nitrogens is 2. The zero-order chi connectivity index (χ0) is 14.4. The number of azide groups is 1. The summed E-state index contributed by atoms with van der Waals surface area (Å²) in [5.41, 5.74) is 7.61. The molecule has 9 heteroatoms. The largest absolute Gasteiger partial charge is 0.394 e. The minimum Gasteiger partial charge on any atom is -0.394 e. The highest BCUT2D eigenvalue weighted by atomic mass is 16.5. The average molecular weight is 269 g/mol. The van der Waals surface area contributed by atoms with Crippen LogP contribution < -0.4 is 11.2 Å². The topological polar surface area (TPSA) is 133 Å². The fourth-order valence-corrected chi connectivity index (χ4v) is 1.39. The molecule has 0 aromatic carbocycles. The third-order valence-electron chi connectivity index (χ3n) is 2.57. The van der Waals surface area contributed by atoms with Gasteiger partial charge in [-0.3, -0.25) is 14.3 Å². The van der Waals surface area contributed by atoms with Crippen molar-refractivity contribution in [3.05, 3.63) is 43.0 Å². The number of rotatable bonds is 6. The lowest BCUT2D eigenvalue weighted by Crippen LogP contribution is -2.35. The van der Waals surface area contributed by atoms with Crippen molar-refractivity contribution in [3.8, 4) is 0 Å². The van der Waals surface area contributed by atoms with Crippen LogP contribution >= 0.6 is 0 Å². The number of aliphatic hydroxyl groups is 1. The highest BCUT2D eigenvalue weighted by Crippen LogP contribution is 2.04. The van der Waals surface area contributed by atoms with E-state index < -0.39 is 23.4 Å². The third-order valence-corrected chi connectivity index (χ3v) is 2.57. The maximum Gasteiger partial charge on any atom is 0.330 e. The van der Waals surface area contributed by atoms with Crippen LogP contribution in [0.25, 0.3) is 10.4 Å². The van der Waals surface area contributed by atoms with Crippen molar-refractivity contribution >= 4 is 0 Å². The zero-order valence-electron chi connectivity index (χ0n) is 10.6. The van der Waals surface area contributed by atoms with Gasteiger partial charge in [0.2, 0.25) is 0 Å². The Morgan fingerprint density at radius 1 is 1.63 bits per heavy atom. The Morgan fingerprint density at radius 3 is 2.89 bits per heavy atom. The standard InChI is InChI=1S/C10H15N5O4/c1-6-3-15(10(18)12-9(6)17)5-19-8(4-16)7(2)13-14-11/h3,7-8,16H,4-5H2,1-2H3,(H,12,17,18). The van der Waals surface area contributed by atoms with Gasteiger partial charge in [-0.05, 0) is 12.5 Å². The quantitative estimate of drug-likeness (QED) is 0.423. The number of hydrogen-bond acceptors (Lipinski definition) is 5. The van der Waals surface area contributed by atoms with Gasteiger partial charge in [-0.2, -0.15) is 0 Å². The Balaban J connectivity index is 2.81. The van der Waals surface area contributed by atoms with E-state index in [1.54, 1.807) is 13.8 Å². The van der Waals surface area contributed by atoms with Crippen molar-refractivity contribution < 1.29 is 9.84 Å². The monoisotopic (exact) mass is 269 g/mol. The number of H-pyrrole nitrogens is 1. The van der Waals surface area contributed by atoms with Gasteiger partial charge in [-0.1, -0.05) is 12.0 Å². The molecule has 0 amide bonds. The van der Waals surface area contributed by atoms with Crippen LogP contribution in [-0.2, 0) is 11.5 Å². The van der Waals surface area contributed by atoms with Crippen LogP contribution in [-0.4, -0.2) is 33.4 Å². The summed E-state index contributed by atoms with van der Waals surface area (Å²) in [6.45, 7) is 2.63. The second-order valence-corrected chi connectivity index (χ2v) is 4.00. The number of aryl methyl sites for hydroxylation is 1. The van der Waals surface area contributed by atoms with Crippen molar-refractivity contribution in [1.82, 2.24) is 9.55 Å². The lowest BCUT2D eigenvalue weighted by atomic mass is 10.2. The second-order valence-electron chi connectivity index (χ2n) is 4.00. The van der Waals surface area contributed by atoms with Gasteiger partial charge in [0.1, 0.15) is 6.73 Å². The molecule has 0 aliphatic rings. The van der Waals surface area contributed by atoms with Gasteiger partial charge in [0.25, 0.3) is 5.56 Å². The number of nitrogens with zero attached hydrogens (tertiary/aromatic N) is 4. The second kappa shape index (κ2) is 6.74. The highest BCUT2D eigenvalue weighted by molar-refractivity contribution is 5.00. The van der Waals surface area contributed by atoms with Crippen molar-refractivity contribution in [2.75, 3.05) is 6.61 Å². The van der Waals surface area contributed by atoms with Crippen molar-refractivity contribution in [1.29, 1.82) is 0 Å². The van der Waals surface area contributed by atoms with Gasteiger partial charge in [0, 0.05) is 16.7 Å². The van der Waals surface area contributed by atoms with Crippen molar-refractivity contribution in [3.63, 3.8) is 0 Å². The van der Waals surface area contributed by atoms with E-state index >= 15 is 0 Å². The Labute approximate surface area is 108 Å². The first-order valence-electron chi connectivity index (χ1n) is 5.56. The summed E-state index contributed by atoms with van der Waals surface area (Å²) in [6, 6.07) is -0.574. The molecular weight excluding hydrogens is 254 g/mol. The molecule has 1 aromatic rings. The summed E-state index contributed by atoms with van der Waals surface area (Å²) >= 11 is 0. The van der Waals surface area contributed by atoms with Crippen LogP contribution in [0.5, 0.6) is 0 Å². The first-order chi connectivity index (χ1) is 8.99. The van der Waals surface area contributed by atoms with E-state index in [4.69, 9.17) is 15.4 Å². The first kappa shape index (κ1) is 15.0. The smallest absolute Gasteiger partial charge is 0.330 e. The molecule has 0 spiro atoms. The SMILES string of the molecule is Cc1cn(COC(CO)C(C)N=[N+]=[N-])c(=O)[nH]c1=O. The fourth-order valence-electron chi connectivity index (χ4n) is 1.39. The number of hydrogen-bond donors (Lipinski definition) is 2. The van der Waals surface area contributed by atoms with E-state index in [0.29, 0.717) is 5.56 Å². The molecule has 0 bridgehead atoms. The Hall–Kier alpha value is -2.09.